The minimum atomic E-state index is -4.81. The Hall–Kier alpha value is -2.08. The summed E-state index contributed by atoms with van der Waals surface area (Å²) in [6.07, 6.45) is -2.49. The first-order chi connectivity index (χ1) is 12.1. The van der Waals surface area contributed by atoms with Gasteiger partial charge in [-0.1, -0.05) is 34.8 Å². The van der Waals surface area contributed by atoms with Crippen LogP contribution in [0.3, 0.4) is 0 Å². The topological polar surface area (TPSA) is 67.4 Å². The van der Waals surface area contributed by atoms with E-state index in [0.717, 1.165) is 10.8 Å². The lowest BCUT2D eigenvalue weighted by Crippen LogP contribution is -2.13. The Kier molecular flexibility index (Phi) is 4.73. The lowest BCUT2D eigenvalue weighted by Gasteiger charge is -2.17. The van der Waals surface area contributed by atoms with E-state index in [4.69, 9.17) is 34.8 Å². The molecule has 0 saturated heterocycles. The van der Waals surface area contributed by atoms with Crippen LogP contribution >= 0.6 is 34.8 Å². The van der Waals surface area contributed by atoms with E-state index in [-0.39, 0.29) is 21.0 Å². The van der Waals surface area contributed by atoms with E-state index in [2.05, 4.69) is 15.0 Å². The Morgan fingerprint density at radius 3 is 2.42 bits per heavy atom. The van der Waals surface area contributed by atoms with Crippen LogP contribution in [-0.2, 0) is 6.18 Å². The number of halogens is 6. The fourth-order valence-corrected chi connectivity index (χ4v) is 3.31. The number of nitrogens with zero attached hydrogens (tertiary/aromatic N) is 5. The zero-order chi connectivity index (χ0) is 19.2. The highest BCUT2D eigenvalue weighted by molar-refractivity contribution is 6.34. The first-order valence-corrected chi connectivity index (χ1v) is 8.13. The number of hydrogen-bond donors (Lipinski definition) is 0. The van der Waals surface area contributed by atoms with Crippen LogP contribution in [0.15, 0.2) is 18.5 Å². The van der Waals surface area contributed by atoms with Crippen molar-refractivity contribution in [2.24, 2.45) is 0 Å². The van der Waals surface area contributed by atoms with Gasteiger partial charge in [-0.15, -0.1) is 0 Å². The molecule has 1 atom stereocenters. The van der Waals surface area contributed by atoms with Gasteiger partial charge in [0.25, 0.3) is 0 Å². The van der Waals surface area contributed by atoms with E-state index >= 15 is 0 Å². The molecule has 0 aliphatic carbocycles. The van der Waals surface area contributed by atoms with Crippen molar-refractivity contribution >= 4 is 46.0 Å². The van der Waals surface area contributed by atoms with Crippen molar-refractivity contribution in [2.45, 2.75) is 19.1 Å². The van der Waals surface area contributed by atoms with Crippen LogP contribution < -0.4 is 0 Å². The maximum Gasteiger partial charge on any atom is 0.421 e. The van der Waals surface area contributed by atoms with E-state index in [1.54, 1.807) is 13.0 Å². The van der Waals surface area contributed by atoms with Gasteiger partial charge in [-0.2, -0.15) is 18.4 Å². The number of rotatable bonds is 2. The van der Waals surface area contributed by atoms with Gasteiger partial charge >= 0.3 is 6.18 Å². The van der Waals surface area contributed by atoms with Crippen molar-refractivity contribution in [1.82, 2.24) is 19.5 Å². The lowest BCUT2D eigenvalue weighted by atomic mass is 10.1. The molecule has 0 fully saturated rings. The predicted octanol–water partition coefficient (Wildman–Crippen LogP) is 5.29. The van der Waals surface area contributed by atoms with Crippen molar-refractivity contribution in [3.63, 3.8) is 0 Å². The fourth-order valence-electron chi connectivity index (χ4n) is 2.66. The summed E-state index contributed by atoms with van der Waals surface area (Å²) in [6.45, 7) is 1.56. The van der Waals surface area contributed by atoms with Gasteiger partial charge in [-0.3, -0.25) is 0 Å². The molecule has 0 unspecified atom stereocenters. The zero-order valence-electron chi connectivity index (χ0n) is 12.8. The summed E-state index contributed by atoms with van der Waals surface area (Å²) < 4.78 is 41.8. The van der Waals surface area contributed by atoms with Crippen LogP contribution in [0, 0.1) is 11.3 Å². The highest BCUT2D eigenvalue weighted by atomic mass is 35.5. The molecule has 11 heteroatoms. The summed E-state index contributed by atoms with van der Waals surface area (Å²) in [7, 11) is 0. The summed E-state index contributed by atoms with van der Waals surface area (Å²) in [5.74, 6) is 0. The second-order valence-electron chi connectivity index (χ2n) is 5.27. The van der Waals surface area contributed by atoms with Crippen molar-refractivity contribution in [2.75, 3.05) is 0 Å². The SMILES string of the molecule is C[C@H](c1cnc(Cl)cc1Cl)n1c(C#N)c(C(F)(F)F)c2ncc(Cl)nc21. The maximum absolute atomic E-state index is 13.6. The zero-order valence-corrected chi connectivity index (χ0v) is 15.1. The first-order valence-electron chi connectivity index (χ1n) is 6.99. The van der Waals surface area contributed by atoms with E-state index in [1.807, 2.05) is 0 Å². The van der Waals surface area contributed by atoms with Crippen molar-refractivity contribution in [3.8, 4) is 6.07 Å². The molecule has 134 valence electrons. The predicted molar refractivity (Wildman–Crippen MR) is 90.3 cm³/mol. The maximum atomic E-state index is 13.6. The average Bonchev–Trinajstić information content (AvgIpc) is 2.87. The molecular weight excluding hydrogens is 414 g/mol. The molecule has 0 N–H and O–H groups in total. The number of aromatic nitrogens is 4. The molecule has 0 spiro atoms. The largest absolute Gasteiger partial charge is 0.421 e. The highest BCUT2D eigenvalue weighted by Gasteiger charge is 2.41. The van der Waals surface area contributed by atoms with Crippen molar-refractivity contribution < 1.29 is 13.2 Å². The molecule has 3 aromatic rings. The van der Waals surface area contributed by atoms with Crippen LogP contribution in [0.25, 0.3) is 11.2 Å². The highest BCUT2D eigenvalue weighted by Crippen LogP contribution is 2.41. The van der Waals surface area contributed by atoms with Gasteiger partial charge in [0, 0.05) is 11.8 Å². The molecule has 0 radical (unpaired) electrons. The molecule has 0 aromatic carbocycles. The van der Waals surface area contributed by atoms with Crippen LogP contribution in [-0.4, -0.2) is 19.5 Å². The third-order valence-electron chi connectivity index (χ3n) is 3.74. The number of pyridine rings is 1. The molecule has 0 aliphatic heterocycles. The monoisotopic (exact) mass is 419 g/mol. The van der Waals surface area contributed by atoms with Crippen molar-refractivity contribution in [3.05, 3.63) is 50.6 Å². The van der Waals surface area contributed by atoms with Gasteiger partial charge in [-0.05, 0) is 13.0 Å². The minimum absolute atomic E-state index is 0.109. The smallest absolute Gasteiger partial charge is 0.308 e. The quantitative estimate of drug-likeness (QED) is 0.529. The first kappa shape index (κ1) is 18.7. The molecule has 0 bridgehead atoms. The number of nitriles is 1. The minimum Gasteiger partial charge on any atom is -0.308 e. The molecule has 5 nitrogen and oxygen atoms in total. The Morgan fingerprint density at radius 2 is 1.85 bits per heavy atom. The lowest BCUT2D eigenvalue weighted by molar-refractivity contribution is -0.136. The fraction of sp³-hybridized carbons (Fsp3) is 0.200. The van der Waals surface area contributed by atoms with Crippen LogP contribution in [0.5, 0.6) is 0 Å². The summed E-state index contributed by atoms with van der Waals surface area (Å²) in [5, 5.41) is 9.62. The Morgan fingerprint density at radius 1 is 1.15 bits per heavy atom. The normalized spacial score (nSPS) is 13.0. The second-order valence-corrected chi connectivity index (χ2v) is 6.45. The standard InChI is InChI=1S/C15H7Cl3F3N5/c1-6(7-4-23-10(17)2-8(7)16)26-9(3-22)12(15(19,20)21)13-14(26)25-11(18)5-24-13/h2,4-6H,1H3/t6-/m1/s1. The van der Waals surface area contributed by atoms with Crippen LogP contribution in [0.2, 0.25) is 15.3 Å². The third-order valence-corrected chi connectivity index (χ3v) is 4.46. The molecule has 3 rings (SSSR count). The number of alkyl halides is 3. The summed E-state index contributed by atoms with van der Waals surface area (Å²) in [5.41, 5.74) is -2.11. The Labute approximate surface area is 160 Å². The number of fused-ring (bicyclic) bond motifs is 1. The molecule has 3 aromatic heterocycles. The van der Waals surface area contributed by atoms with Gasteiger partial charge < -0.3 is 4.57 Å². The van der Waals surface area contributed by atoms with E-state index in [0.29, 0.717) is 5.56 Å². The van der Waals surface area contributed by atoms with Crippen LogP contribution in [0.1, 0.15) is 29.8 Å². The Bertz CT molecular complexity index is 1060. The Balaban J connectivity index is 2.38. The molecule has 26 heavy (non-hydrogen) atoms. The van der Waals surface area contributed by atoms with Crippen molar-refractivity contribution in [1.29, 1.82) is 5.26 Å². The van der Waals surface area contributed by atoms with E-state index in [1.165, 1.54) is 12.3 Å². The molecule has 3 heterocycles. The van der Waals surface area contributed by atoms with E-state index < -0.39 is 29.0 Å². The molecule has 0 saturated carbocycles. The van der Waals surface area contributed by atoms with Gasteiger partial charge in [0.05, 0.1) is 17.3 Å². The molecular formula is C15H7Cl3F3N5. The summed E-state index contributed by atoms with van der Waals surface area (Å²) in [4.78, 5) is 11.6. The van der Waals surface area contributed by atoms with Gasteiger partial charge in [-0.25, -0.2) is 15.0 Å². The summed E-state index contributed by atoms with van der Waals surface area (Å²) >= 11 is 17.7. The molecule has 0 amide bonds. The van der Waals surface area contributed by atoms with Gasteiger partial charge in [0.1, 0.15) is 33.1 Å². The average molecular weight is 421 g/mol. The van der Waals surface area contributed by atoms with Gasteiger partial charge in [0.15, 0.2) is 5.65 Å². The third kappa shape index (κ3) is 3.07. The second kappa shape index (κ2) is 6.58. The molecule has 0 aliphatic rings. The number of hydrogen-bond acceptors (Lipinski definition) is 4. The van der Waals surface area contributed by atoms with Gasteiger partial charge in [0.2, 0.25) is 0 Å². The van der Waals surface area contributed by atoms with E-state index in [9.17, 15) is 18.4 Å². The van der Waals surface area contributed by atoms with Crippen LogP contribution in [0.4, 0.5) is 13.2 Å². The summed E-state index contributed by atoms with van der Waals surface area (Å²) in [6, 6.07) is 2.14.